The van der Waals surface area contributed by atoms with Crippen molar-refractivity contribution in [2.45, 2.75) is 38.5 Å². The molecular weight excluding hydrogens is 398 g/mol. The van der Waals surface area contributed by atoms with E-state index in [4.69, 9.17) is 9.47 Å². The highest BCUT2D eigenvalue weighted by molar-refractivity contribution is 5.91. The summed E-state index contributed by atoms with van der Waals surface area (Å²) in [6, 6.07) is 10.4. The van der Waals surface area contributed by atoms with Gasteiger partial charge in [0.05, 0.1) is 18.5 Å². The molecule has 2 aromatic heterocycles. The Bertz CT molecular complexity index is 1150. The van der Waals surface area contributed by atoms with E-state index in [1.54, 1.807) is 25.3 Å². The second kappa shape index (κ2) is 8.63. The van der Waals surface area contributed by atoms with Gasteiger partial charge in [-0.15, -0.1) is 0 Å². The quantitative estimate of drug-likeness (QED) is 0.576. The smallest absolute Gasteiger partial charge is 0.263 e. The number of methoxy groups -OCH3 is 1. The molecule has 0 bridgehead atoms. The summed E-state index contributed by atoms with van der Waals surface area (Å²) in [5, 5.41) is 7.41. The lowest BCUT2D eigenvalue weighted by Gasteiger charge is -2.12. The standard InChI is InChI=1S/C22H25N5O4/c1-13(2)15-11-20(28)25-22(23-15)27-19(10-16(26-27)14-8-9-14)24-21(29)12-31-18-7-5-4-6-17(18)30-3/h4-7,10-11,13-14H,8-9,12H2,1-3H3,(H,24,29)(H,23,25,28). The number of H-pyrrole nitrogens is 1. The Morgan fingerprint density at radius 3 is 2.68 bits per heavy atom. The lowest BCUT2D eigenvalue weighted by molar-refractivity contribution is -0.118. The van der Waals surface area contributed by atoms with Gasteiger partial charge in [-0.05, 0) is 30.9 Å². The summed E-state index contributed by atoms with van der Waals surface area (Å²) < 4.78 is 12.3. The molecule has 0 aliphatic heterocycles. The van der Waals surface area contributed by atoms with Crippen molar-refractivity contribution in [2.24, 2.45) is 0 Å². The molecule has 1 amide bonds. The van der Waals surface area contributed by atoms with Crippen LogP contribution in [0.5, 0.6) is 11.5 Å². The fraction of sp³-hybridized carbons (Fsp3) is 0.364. The van der Waals surface area contributed by atoms with Gasteiger partial charge in [-0.1, -0.05) is 26.0 Å². The van der Waals surface area contributed by atoms with Crippen LogP contribution in [0, 0.1) is 0 Å². The van der Waals surface area contributed by atoms with Crippen molar-refractivity contribution in [3.05, 3.63) is 58.1 Å². The number of anilines is 1. The van der Waals surface area contributed by atoms with Crippen LogP contribution in [0.25, 0.3) is 5.95 Å². The SMILES string of the molecule is COc1ccccc1OCC(=O)Nc1cc(C2CC2)nn1-c1nc(C(C)C)cc(=O)[nH]1. The molecule has 9 heteroatoms. The summed E-state index contributed by atoms with van der Waals surface area (Å²) in [6.07, 6.45) is 2.11. The molecule has 1 fully saturated rings. The van der Waals surface area contributed by atoms with Gasteiger partial charge >= 0.3 is 0 Å². The molecule has 1 aromatic carbocycles. The molecule has 1 saturated carbocycles. The first-order valence-corrected chi connectivity index (χ1v) is 10.2. The number of ether oxygens (including phenoxy) is 2. The molecule has 31 heavy (non-hydrogen) atoms. The fourth-order valence-corrected chi connectivity index (χ4v) is 3.15. The minimum atomic E-state index is -0.364. The number of amides is 1. The van der Waals surface area contributed by atoms with Gasteiger partial charge in [0, 0.05) is 18.1 Å². The van der Waals surface area contributed by atoms with E-state index in [1.165, 1.54) is 10.7 Å². The van der Waals surface area contributed by atoms with E-state index >= 15 is 0 Å². The van der Waals surface area contributed by atoms with Crippen LogP contribution >= 0.6 is 0 Å². The second-order valence-corrected chi connectivity index (χ2v) is 7.78. The van der Waals surface area contributed by atoms with E-state index in [0.717, 1.165) is 18.5 Å². The average molecular weight is 423 g/mol. The summed E-state index contributed by atoms with van der Waals surface area (Å²) in [6.45, 7) is 3.71. The Hall–Kier alpha value is -3.62. The third kappa shape index (κ3) is 4.76. The van der Waals surface area contributed by atoms with E-state index in [2.05, 4.69) is 20.4 Å². The Labute approximate surface area is 179 Å². The number of hydrogen-bond acceptors (Lipinski definition) is 6. The second-order valence-electron chi connectivity index (χ2n) is 7.78. The van der Waals surface area contributed by atoms with Gasteiger partial charge in [-0.2, -0.15) is 9.78 Å². The first-order chi connectivity index (χ1) is 14.9. The van der Waals surface area contributed by atoms with Crippen LogP contribution in [0.1, 0.15) is 49.9 Å². The number of benzene rings is 1. The maximum Gasteiger partial charge on any atom is 0.263 e. The molecular formula is C22H25N5O4. The van der Waals surface area contributed by atoms with E-state index in [1.807, 2.05) is 26.0 Å². The van der Waals surface area contributed by atoms with Gasteiger partial charge in [0.2, 0.25) is 5.95 Å². The average Bonchev–Trinajstić information content (AvgIpc) is 3.52. The Morgan fingerprint density at radius 2 is 2.00 bits per heavy atom. The predicted octanol–water partition coefficient (Wildman–Crippen LogP) is 2.98. The molecule has 3 aromatic rings. The molecule has 0 atom stereocenters. The summed E-state index contributed by atoms with van der Waals surface area (Å²) in [5.41, 5.74) is 1.24. The van der Waals surface area contributed by atoms with E-state index in [9.17, 15) is 9.59 Å². The van der Waals surface area contributed by atoms with Crippen LogP contribution in [-0.2, 0) is 4.79 Å². The largest absolute Gasteiger partial charge is 0.493 e. The van der Waals surface area contributed by atoms with Gasteiger partial charge in [-0.25, -0.2) is 4.98 Å². The summed E-state index contributed by atoms with van der Waals surface area (Å²) in [5.74, 6) is 1.79. The van der Waals surface area contributed by atoms with Gasteiger partial charge < -0.3 is 14.8 Å². The molecule has 4 rings (SSSR count). The summed E-state index contributed by atoms with van der Waals surface area (Å²) in [7, 11) is 1.54. The predicted molar refractivity (Wildman–Crippen MR) is 115 cm³/mol. The Kier molecular flexibility index (Phi) is 5.75. The van der Waals surface area contributed by atoms with E-state index < -0.39 is 0 Å². The third-order valence-electron chi connectivity index (χ3n) is 4.96. The number of hydrogen-bond donors (Lipinski definition) is 2. The van der Waals surface area contributed by atoms with Crippen LogP contribution in [0.15, 0.2) is 41.2 Å². The zero-order valence-corrected chi connectivity index (χ0v) is 17.7. The number of carbonyl (C=O) groups is 1. The number of aromatic nitrogens is 4. The van der Waals surface area contributed by atoms with Gasteiger partial charge in [-0.3, -0.25) is 14.6 Å². The zero-order chi connectivity index (χ0) is 22.0. The van der Waals surface area contributed by atoms with Gasteiger partial charge in [0.15, 0.2) is 18.1 Å². The number of para-hydroxylation sites is 2. The van der Waals surface area contributed by atoms with Crippen molar-refractivity contribution in [1.82, 2.24) is 19.7 Å². The lowest BCUT2D eigenvalue weighted by Crippen LogP contribution is -2.23. The Morgan fingerprint density at radius 1 is 1.26 bits per heavy atom. The van der Waals surface area contributed by atoms with Crippen LogP contribution in [-0.4, -0.2) is 39.4 Å². The molecule has 162 valence electrons. The highest BCUT2D eigenvalue weighted by Crippen LogP contribution is 2.40. The fourth-order valence-electron chi connectivity index (χ4n) is 3.15. The number of nitrogens with one attached hydrogen (secondary N) is 2. The van der Waals surface area contributed by atoms with Gasteiger partial charge in [0.1, 0.15) is 5.82 Å². The zero-order valence-electron chi connectivity index (χ0n) is 17.7. The van der Waals surface area contributed by atoms with Crippen molar-refractivity contribution in [2.75, 3.05) is 19.0 Å². The molecule has 0 unspecified atom stereocenters. The molecule has 1 aliphatic carbocycles. The molecule has 9 nitrogen and oxygen atoms in total. The van der Waals surface area contributed by atoms with E-state index in [0.29, 0.717) is 28.9 Å². The number of nitrogens with zero attached hydrogens (tertiary/aromatic N) is 3. The number of rotatable bonds is 8. The van der Waals surface area contributed by atoms with Crippen LogP contribution in [0.2, 0.25) is 0 Å². The first-order valence-electron chi connectivity index (χ1n) is 10.2. The highest BCUT2D eigenvalue weighted by atomic mass is 16.5. The number of aromatic amines is 1. The summed E-state index contributed by atoms with van der Waals surface area (Å²) >= 11 is 0. The molecule has 1 aliphatic rings. The highest BCUT2D eigenvalue weighted by Gasteiger charge is 2.28. The van der Waals surface area contributed by atoms with Crippen molar-refractivity contribution < 1.29 is 14.3 Å². The van der Waals surface area contributed by atoms with Crippen LogP contribution in [0.4, 0.5) is 5.82 Å². The van der Waals surface area contributed by atoms with Crippen LogP contribution < -0.4 is 20.3 Å². The van der Waals surface area contributed by atoms with Crippen molar-refractivity contribution in [3.63, 3.8) is 0 Å². The van der Waals surface area contributed by atoms with Crippen molar-refractivity contribution >= 4 is 11.7 Å². The lowest BCUT2D eigenvalue weighted by atomic mass is 10.1. The maximum absolute atomic E-state index is 12.6. The molecule has 0 radical (unpaired) electrons. The van der Waals surface area contributed by atoms with Crippen molar-refractivity contribution in [3.8, 4) is 17.4 Å². The maximum atomic E-state index is 12.6. The minimum Gasteiger partial charge on any atom is -0.493 e. The third-order valence-corrected chi connectivity index (χ3v) is 4.96. The summed E-state index contributed by atoms with van der Waals surface area (Å²) in [4.78, 5) is 32.0. The van der Waals surface area contributed by atoms with Crippen LogP contribution in [0.3, 0.4) is 0 Å². The monoisotopic (exact) mass is 423 g/mol. The minimum absolute atomic E-state index is 0.0757. The molecule has 2 N–H and O–H groups in total. The number of carbonyl (C=O) groups excluding carboxylic acids is 1. The molecule has 2 heterocycles. The Balaban J connectivity index is 1.57. The topological polar surface area (TPSA) is 111 Å². The normalized spacial score (nSPS) is 13.3. The molecule has 0 saturated heterocycles. The van der Waals surface area contributed by atoms with Crippen molar-refractivity contribution in [1.29, 1.82) is 0 Å². The van der Waals surface area contributed by atoms with Gasteiger partial charge in [0.25, 0.3) is 11.5 Å². The molecule has 0 spiro atoms. The van der Waals surface area contributed by atoms with E-state index in [-0.39, 0.29) is 29.9 Å². The first kappa shape index (κ1) is 20.6.